The van der Waals surface area contributed by atoms with Gasteiger partial charge in [0.05, 0.1) is 6.61 Å². The van der Waals surface area contributed by atoms with Crippen LogP contribution in [-0.4, -0.2) is 17.7 Å². The summed E-state index contributed by atoms with van der Waals surface area (Å²) in [5, 5.41) is 11.5. The number of halogens is 1. The molecule has 0 unspecified atom stereocenters. The molecule has 1 heterocycles. The third-order valence-electron chi connectivity index (χ3n) is 4.14. The molecule has 0 aliphatic heterocycles. The van der Waals surface area contributed by atoms with E-state index in [-0.39, 0.29) is 6.61 Å². The fourth-order valence-corrected chi connectivity index (χ4v) is 3.40. The topological polar surface area (TPSA) is 85.7 Å². The molecule has 2 aromatic rings. The lowest BCUT2D eigenvalue weighted by atomic mass is 9.94. The number of hydrogen-bond acceptors (Lipinski definition) is 5. The zero-order valence-electron chi connectivity index (χ0n) is 14.3. The summed E-state index contributed by atoms with van der Waals surface area (Å²) in [6, 6.07) is 3.40. The Morgan fingerprint density at radius 2 is 2.00 bits per heavy atom. The van der Waals surface area contributed by atoms with Crippen LogP contribution >= 0.6 is 15.9 Å². The van der Waals surface area contributed by atoms with Crippen molar-refractivity contribution in [3.8, 4) is 0 Å². The van der Waals surface area contributed by atoms with Crippen molar-refractivity contribution in [1.29, 1.82) is 0 Å². The summed E-state index contributed by atoms with van der Waals surface area (Å²) >= 11 is 3.36. The van der Waals surface area contributed by atoms with Crippen LogP contribution in [-0.2, 0) is 10.3 Å². The van der Waals surface area contributed by atoms with E-state index in [2.05, 4.69) is 15.9 Å². The lowest BCUT2D eigenvalue weighted by Crippen LogP contribution is -2.23. The smallest absolute Gasteiger partial charge is 0.342 e. The Hall–Kier alpha value is -1.53. The van der Waals surface area contributed by atoms with Crippen LogP contribution in [0.3, 0.4) is 0 Å². The predicted octanol–water partition coefficient (Wildman–Crippen LogP) is 4.74. The molecule has 5 nitrogen and oxygen atoms in total. The van der Waals surface area contributed by atoms with E-state index in [1.165, 1.54) is 0 Å². The Bertz CT molecular complexity index is 732. The summed E-state index contributed by atoms with van der Waals surface area (Å²) in [5.74, 6) is -0.177. The van der Waals surface area contributed by atoms with E-state index in [0.717, 1.165) is 12.8 Å². The van der Waals surface area contributed by atoms with Gasteiger partial charge in [0.1, 0.15) is 16.7 Å². The summed E-state index contributed by atoms with van der Waals surface area (Å²) in [6.45, 7) is 6.01. The first-order valence-corrected chi connectivity index (χ1v) is 9.17. The van der Waals surface area contributed by atoms with Crippen molar-refractivity contribution in [2.24, 2.45) is 0 Å². The molecule has 0 atom stereocenters. The van der Waals surface area contributed by atoms with Crippen molar-refractivity contribution in [2.75, 3.05) is 12.3 Å². The van der Waals surface area contributed by atoms with Gasteiger partial charge < -0.3 is 20.0 Å². The van der Waals surface area contributed by atoms with Gasteiger partial charge in [-0.1, -0.05) is 13.8 Å². The highest BCUT2D eigenvalue weighted by molar-refractivity contribution is 9.10. The van der Waals surface area contributed by atoms with Crippen LogP contribution in [0.1, 0.15) is 62.6 Å². The van der Waals surface area contributed by atoms with E-state index < -0.39 is 11.6 Å². The average molecular weight is 398 g/mol. The van der Waals surface area contributed by atoms with Crippen molar-refractivity contribution < 1.29 is 19.1 Å². The maximum Gasteiger partial charge on any atom is 0.342 e. The minimum absolute atomic E-state index is 0.263. The van der Waals surface area contributed by atoms with Crippen LogP contribution in [0.15, 0.2) is 21.0 Å². The van der Waals surface area contributed by atoms with Gasteiger partial charge in [-0.15, -0.1) is 0 Å². The van der Waals surface area contributed by atoms with Gasteiger partial charge in [0.25, 0.3) is 0 Å². The summed E-state index contributed by atoms with van der Waals surface area (Å²) in [4.78, 5) is 12.4. The summed E-state index contributed by atoms with van der Waals surface area (Å²) in [7, 11) is 0. The molecule has 0 radical (unpaired) electrons. The van der Waals surface area contributed by atoms with Crippen molar-refractivity contribution >= 4 is 38.6 Å². The van der Waals surface area contributed by atoms with Gasteiger partial charge in [-0.05, 0) is 54.6 Å². The number of carbonyl (C=O) groups is 1. The van der Waals surface area contributed by atoms with Crippen LogP contribution in [0.5, 0.6) is 0 Å². The second-order valence-electron chi connectivity index (χ2n) is 5.64. The predicted molar refractivity (Wildman–Crippen MR) is 98.0 cm³/mol. The minimum atomic E-state index is -1.11. The molecule has 1 saturated carbocycles. The van der Waals surface area contributed by atoms with Crippen LogP contribution in [0, 0.1) is 0 Å². The first-order valence-electron chi connectivity index (χ1n) is 8.38. The summed E-state index contributed by atoms with van der Waals surface area (Å²) in [6.07, 6.45) is 2.97. The van der Waals surface area contributed by atoms with Crippen molar-refractivity contribution in [3.63, 3.8) is 0 Å². The second kappa shape index (κ2) is 7.57. The highest BCUT2D eigenvalue weighted by Gasteiger charge is 2.41. The molecule has 1 fully saturated rings. The number of nitrogen functional groups attached to an aromatic ring is 1. The van der Waals surface area contributed by atoms with Gasteiger partial charge >= 0.3 is 5.97 Å². The van der Waals surface area contributed by atoms with Crippen LogP contribution in [0.2, 0.25) is 0 Å². The van der Waals surface area contributed by atoms with E-state index >= 15 is 0 Å². The van der Waals surface area contributed by atoms with E-state index in [0.29, 0.717) is 45.3 Å². The van der Waals surface area contributed by atoms with Crippen molar-refractivity contribution in [2.45, 2.75) is 52.1 Å². The molecule has 3 N–H and O–H groups in total. The first kappa shape index (κ1) is 18.8. The standard InChI is InChI=1S/C16H18BrNO4.C2H6/c1-2-21-15(19)13-9-7-10(17)11(18)8-12(9)22-14(13)16(20)5-3-4-6-16;1-2/h7-8,20H,2-6,18H2,1H3;1-2H3. The molecule has 1 aliphatic carbocycles. The molecule has 1 aromatic carbocycles. The molecule has 3 rings (SSSR count). The van der Waals surface area contributed by atoms with Gasteiger partial charge in [-0.2, -0.15) is 0 Å². The normalized spacial score (nSPS) is 15.9. The summed E-state index contributed by atoms with van der Waals surface area (Å²) < 4.78 is 11.7. The number of fused-ring (bicyclic) bond motifs is 1. The van der Waals surface area contributed by atoms with Gasteiger partial charge in [-0.3, -0.25) is 0 Å². The van der Waals surface area contributed by atoms with Crippen LogP contribution in [0.4, 0.5) is 5.69 Å². The van der Waals surface area contributed by atoms with E-state index in [1.807, 2.05) is 13.8 Å². The molecule has 1 aromatic heterocycles. The lowest BCUT2D eigenvalue weighted by Gasteiger charge is -2.20. The molecule has 6 heteroatoms. The van der Waals surface area contributed by atoms with E-state index in [1.54, 1.807) is 19.1 Å². The average Bonchev–Trinajstić information content (AvgIpc) is 3.15. The number of esters is 1. The Morgan fingerprint density at radius 1 is 1.38 bits per heavy atom. The molecule has 0 bridgehead atoms. The number of rotatable bonds is 3. The molecular formula is C18H24BrNO4. The number of aliphatic hydroxyl groups is 1. The fourth-order valence-electron chi connectivity index (χ4n) is 3.05. The summed E-state index contributed by atoms with van der Waals surface area (Å²) in [5.41, 5.74) is 6.08. The first-order chi connectivity index (χ1) is 11.5. The number of hydrogen-bond donors (Lipinski definition) is 2. The lowest BCUT2D eigenvalue weighted by molar-refractivity contribution is 0.0195. The fraction of sp³-hybridized carbons (Fsp3) is 0.500. The van der Waals surface area contributed by atoms with Gasteiger partial charge in [0.15, 0.2) is 5.76 Å². The molecule has 0 amide bonds. The molecule has 0 saturated heterocycles. The van der Waals surface area contributed by atoms with Gasteiger partial charge in [0, 0.05) is 21.6 Å². The maximum absolute atomic E-state index is 12.4. The van der Waals surface area contributed by atoms with Crippen LogP contribution < -0.4 is 5.73 Å². The molecular weight excluding hydrogens is 374 g/mol. The Balaban J connectivity index is 0.00000100. The molecule has 132 valence electrons. The Kier molecular flexibility index (Phi) is 5.93. The largest absolute Gasteiger partial charge is 0.462 e. The maximum atomic E-state index is 12.4. The third kappa shape index (κ3) is 3.30. The third-order valence-corrected chi connectivity index (χ3v) is 4.83. The minimum Gasteiger partial charge on any atom is -0.462 e. The molecule has 24 heavy (non-hydrogen) atoms. The van der Waals surface area contributed by atoms with Crippen molar-refractivity contribution in [3.05, 3.63) is 27.9 Å². The second-order valence-corrected chi connectivity index (χ2v) is 6.49. The molecule has 0 spiro atoms. The Morgan fingerprint density at radius 3 is 2.58 bits per heavy atom. The zero-order chi connectivity index (χ0) is 17.9. The number of ether oxygens (including phenoxy) is 1. The number of carbonyl (C=O) groups excluding carboxylic acids is 1. The Labute approximate surface area is 150 Å². The van der Waals surface area contributed by atoms with Gasteiger partial charge in [-0.25, -0.2) is 4.79 Å². The van der Waals surface area contributed by atoms with Gasteiger partial charge in [0.2, 0.25) is 0 Å². The number of benzene rings is 1. The highest BCUT2D eigenvalue weighted by Crippen LogP contribution is 2.44. The highest BCUT2D eigenvalue weighted by atomic mass is 79.9. The number of nitrogens with two attached hydrogens (primary N) is 1. The monoisotopic (exact) mass is 397 g/mol. The van der Waals surface area contributed by atoms with E-state index in [9.17, 15) is 9.90 Å². The number of furan rings is 1. The zero-order valence-corrected chi connectivity index (χ0v) is 15.9. The SMILES string of the molecule is CC.CCOC(=O)c1c(C2(O)CCCC2)oc2cc(N)c(Br)cc12. The molecule has 1 aliphatic rings. The quantitative estimate of drug-likeness (QED) is 0.576. The van der Waals surface area contributed by atoms with E-state index in [4.69, 9.17) is 14.9 Å². The van der Waals surface area contributed by atoms with Crippen molar-refractivity contribution in [1.82, 2.24) is 0 Å². The van der Waals surface area contributed by atoms with Crippen LogP contribution in [0.25, 0.3) is 11.0 Å². The number of anilines is 1.